The van der Waals surface area contributed by atoms with E-state index in [2.05, 4.69) is 0 Å². The van der Waals surface area contributed by atoms with Crippen molar-refractivity contribution >= 4 is 0 Å². The average molecular weight is 160 g/mol. The van der Waals surface area contributed by atoms with Crippen LogP contribution in [0.3, 0.4) is 0 Å². The van der Waals surface area contributed by atoms with Crippen LogP contribution in [0.4, 0.5) is 0 Å². The number of rotatable bonds is 3. The van der Waals surface area contributed by atoms with E-state index in [0.717, 1.165) is 26.1 Å². The lowest BCUT2D eigenvalue weighted by atomic mass is 10.1. The fourth-order valence-electron chi connectivity index (χ4n) is 1.12. The van der Waals surface area contributed by atoms with E-state index < -0.39 is 0 Å². The van der Waals surface area contributed by atoms with Crippen molar-refractivity contribution in [3.63, 3.8) is 0 Å². The third kappa shape index (κ3) is 3.70. The smallest absolute Gasteiger partial charge is 0.0745 e. The first-order valence-electron chi connectivity index (χ1n) is 4.16. The Morgan fingerprint density at radius 1 is 1.55 bits per heavy atom. The number of ether oxygens (including phenoxy) is 2. The van der Waals surface area contributed by atoms with Crippen molar-refractivity contribution in [1.82, 2.24) is 0 Å². The van der Waals surface area contributed by atoms with E-state index in [1.807, 2.05) is 0 Å². The Morgan fingerprint density at radius 2 is 2.18 bits per heavy atom. The molecule has 1 N–H and O–H groups in total. The molecule has 1 unspecified atom stereocenters. The van der Waals surface area contributed by atoms with Crippen molar-refractivity contribution in [2.45, 2.75) is 32.0 Å². The first-order valence-corrected chi connectivity index (χ1v) is 4.16. The molecular weight excluding hydrogens is 144 g/mol. The Labute approximate surface area is 67.3 Å². The maximum absolute atomic E-state index is 8.93. The summed E-state index contributed by atoms with van der Waals surface area (Å²) in [5.74, 6) is 0. The first-order chi connectivity index (χ1) is 5.29. The number of aliphatic hydroxyl groups excluding tert-OH is 1. The second-order valence-electron chi connectivity index (χ2n) is 2.99. The van der Waals surface area contributed by atoms with E-state index in [-0.39, 0.29) is 6.10 Å². The van der Waals surface area contributed by atoms with Crippen LogP contribution in [0.25, 0.3) is 0 Å². The van der Waals surface area contributed by atoms with Crippen LogP contribution in [-0.4, -0.2) is 37.1 Å². The molecule has 0 aromatic carbocycles. The van der Waals surface area contributed by atoms with Gasteiger partial charge in [-0.2, -0.15) is 0 Å². The van der Waals surface area contributed by atoms with E-state index in [4.69, 9.17) is 14.6 Å². The van der Waals surface area contributed by atoms with Gasteiger partial charge >= 0.3 is 0 Å². The molecule has 0 bridgehead atoms. The molecule has 1 saturated heterocycles. The Bertz CT molecular complexity index is 97.5. The van der Waals surface area contributed by atoms with E-state index in [1.54, 1.807) is 6.92 Å². The molecule has 0 aromatic heterocycles. The molecule has 1 rings (SSSR count). The van der Waals surface area contributed by atoms with Gasteiger partial charge < -0.3 is 14.6 Å². The van der Waals surface area contributed by atoms with Crippen molar-refractivity contribution in [2.75, 3.05) is 19.8 Å². The Hall–Kier alpha value is -0.120. The van der Waals surface area contributed by atoms with Gasteiger partial charge in [-0.05, 0) is 19.8 Å². The largest absolute Gasteiger partial charge is 0.391 e. The van der Waals surface area contributed by atoms with Crippen LogP contribution in [0.2, 0.25) is 0 Å². The summed E-state index contributed by atoms with van der Waals surface area (Å²) in [5, 5.41) is 8.93. The molecule has 3 nitrogen and oxygen atoms in total. The SMILES string of the molecule is CC(O)COC1CCOCC1. The van der Waals surface area contributed by atoms with Crippen molar-refractivity contribution < 1.29 is 14.6 Å². The van der Waals surface area contributed by atoms with Crippen LogP contribution >= 0.6 is 0 Å². The third-order valence-corrected chi connectivity index (χ3v) is 1.74. The highest BCUT2D eigenvalue weighted by molar-refractivity contribution is 4.62. The highest BCUT2D eigenvalue weighted by Crippen LogP contribution is 2.10. The highest BCUT2D eigenvalue weighted by Gasteiger charge is 2.14. The maximum Gasteiger partial charge on any atom is 0.0745 e. The lowest BCUT2D eigenvalue weighted by molar-refractivity contribution is -0.0557. The predicted octanol–water partition coefficient (Wildman–Crippen LogP) is 0.563. The van der Waals surface area contributed by atoms with Crippen LogP contribution < -0.4 is 0 Å². The van der Waals surface area contributed by atoms with Crippen LogP contribution in [0.5, 0.6) is 0 Å². The van der Waals surface area contributed by atoms with Crippen molar-refractivity contribution in [1.29, 1.82) is 0 Å². The van der Waals surface area contributed by atoms with Gasteiger partial charge in [-0.1, -0.05) is 0 Å². The van der Waals surface area contributed by atoms with Gasteiger partial charge in [-0.15, -0.1) is 0 Å². The van der Waals surface area contributed by atoms with Crippen LogP contribution in [-0.2, 0) is 9.47 Å². The van der Waals surface area contributed by atoms with E-state index in [9.17, 15) is 0 Å². The number of hydrogen-bond donors (Lipinski definition) is 1. The summed E-state index contributed by atoms with van der Waals surface area (Å²) in [5.41, 5.74) is 0. The number of aliphatic hydroxyl groups is 1. The monoisotopic (exact) mass is 160 g/mol. The van der Waals surface area contributed by atoms with Crippen LogP contribution in [0.15, 0.2) is 0 Å². The Morgan fingerprint density at radius 3 is 2.73 bits per heavy atom. The summed E-state index contributed by atoms with van der Waals surface area (Å²) >= 11 is 0. The van der Waals surface area contributed by atoms with Crippen molar-refractivity contribution in [3.8, 4) is 0 Å². The lowest BCUT2D eigenvalue weighted by Crippen LogP contribution is -2.26. The molecule has 0 saturated carbocycles. The zero-order valence-electron chi connectivity index (χ0n) is 6.95. The first kappa shape index (κ1) is 8.97. The topological polar surface area (TPSA) is 38.7 Å². The molecule has 1 aliphatic rings. The molecule has 11 heavy (non-hydrogen) atoms. The highest BCUT2D eigenvalue weighted by atomic mass is 16.5. The minimum atomic E-state index is -0.349. The van der Waals surface area contributed by atoms with Gasteiger partial charge in [0, 0.05) is 13.2 Å². The van der Waals surface area contributed by atoms with Crippen molar-refractivity contribution in [3.05, 3.63) is 0 Å². The van der Waals surface area contributed by atoms with E-state index >= 15 is 0 Å². The van der Waals surface area contributed by atoms with Gasteiger partial charge in [-0.3, -0.25) is 0 Å². The molecule has 0 amide bonds. The van der Waals surface area contributed by atoms with Gasteiger partial charge in [0.05, 0.1) is 18.8 Å². The normalized spacial score (nSPS) is 23.5. The fraction of sp³-hybridized carbons (Fsp3) is 1.00. The maximum atomic E-state index is 8.93. The molecule has 1 atom stereocenters. The summed E-state index contributed by atoms with van der Waals surface area (Å²) in [6.45, 7) is 3.78. The molecule has 1 fully saturated rings. The molecule has 0 aromatic rings. The second-order valence-corrected chi connectivity index (χ2v) is 2.99. The zero-order chi connectivity index (χ0) is 8.10. The summed E-state index contributed by atoms with van der Waals surface area (Å²) in [4.78, 5) is 0. The van der Waals surface area contributed by atoms with Gasteiger partial charge in [0.25, 0.3) is 0 Å². The summed E-state index contributed by atoms with van der Waals surface area (Å²) in [6.07, 6.45) is 1.88. The van der Waals surface area contributed by atoms with Crippen LogP contribution in [0.1, 0.15) is 19.8 Å². The minimum Gasteiger partial charge on any atom is -0.391 e. The molecule has 1 heterocycles. The number of hydrogen-bond acceptors (Lipinski definition) is 3. The molecule has 3 heteroatoms. The molecule has 0 aliphatic carbocycles. The summed E-state index contributed by atoms with van der Waals surface area (Å²) in [7, 11) is 0. The molecule has 0 radical (unpaired) electrons. The summed E-state index contributed by atoms with van der Waals surface area (Å²) in [6, 6.07) is 0. The Balaban J connectivity index is 2.05. The predicted molar refractivity (Wildman–Crippen MR) is 41.5 cm³/mol. The van der Waals surface area contributed by atoms with E-state index in [0.29, 0.717) is 12.7 Å². The fourth-order valence-corrected chi connectivity index (χ4v) is 1.12. The third-order valence-electron chi connectivity index (χ3n) is 1.74. The van der Waals surface area contributed by atoms with Crippen molar-refractivity contribution in [2.24, 2.45) is 0 Å². The van der Waals surface area contributed by atoms with Gasteiger partial charge in [0.2, 0.25) is 0 Å². The van der Waals surface area contributed by atoms with E-state index in [1.165, 1.54) is 0 Å². The molecule has 1 aliphatic heterocycles. The standard InChI is InChI=1S/C8H16O3/c1-7(9)6-11-8-2-4-10-5-3-8/h7-9H,2-6H2,1H3. The minimum absolute atomic E-state index is 0.304. The Kier molecular flexibility index (Phi) is 3.83. The van der Waals surface area contributed by atoms with Gasteiger partial charge in [-0.25, -0.2) is 0 Å². The second kappa shape index (κ2) is 4.70. The molecular formula is C8H16O3. The molecule has 0 spiro atoms. The summed E-state index contributed by atoms with van der Waals surface area (Å²) < 4.78 is 10.6. The van der Waals surface area contributed by atoms with Gasteiger partial charge in [0.15, 0.2) is 0 Å². The van der Waals surface area contributed by atoms with Gasteiger partial charge in [0.1, 0.15) is 0 Å². The average Bonchev–Trinajstić information content (AvgIpc) is 2.03. The molecule has 66 valence electrons. The quantitative estimate of drug-likeness (QED) is 0.655. The zero-order valence-corrected chi connectivity index (χ0v) is 6.95. The van der Waals surface area contributed by atoms with Crippen LogP contribution in [0, 0.1) is 0 Å². The lowest BCUT2D eigenvalue weighted by Gasteiger charge is -2.22.